The zero-order valence-corrected chi connectivity index (χ0v) is 9.14. The average molecular weight is 210 g/mol. The molecule has 0 fully saturated rings. The minimum absolute atomic E-state index is 0.163. The van der Waals surface area contributed by atoms with E-state index in [2.05, 4.69) is 29.1 Å². The molecule has 84 valence electrons. The summed E-state index contributed by atoms with van der Waals surface area (Å²) < 4.78 is 0. The van der Waals surface area contributed by atoms with Crippen LogP contribution in [0.1, 0.15) is 20.3 Å². The highest BCUT2D eigenvalue weighted by Gasteiger charge is 2.12. The summed E-state index contributed by atoms with van der Waals surface area (Å²) in [4.78, 5) is 7.87. The Morgan fingerprint density at radius 3 is 2.80 bits per heavy atom. The first kappa shape index (κ1) is 11.7. The van der Waals surface area contributed by atoms with Crippen molar-refractivity contribution in [1.29, 1.82) is 0 Å². The Morgan fingerprint density at radius 2 is 2.27 bits per heavy atom. The number of hydrogen-bond acceptors (Lipinski definition) is 5. The van der Waals surface area contributed by atoms with Crippen molar-refractivity contribution in [3.05, 3.63) is 12.3 Å². The smallest absolute Gasteiger partial charge is 0.221 e. The molecule has 0 aliphatic rings. The first-order valence-electron chi connectivity index (χ1n) is 5.09. The summed E-state index contributed by atoms with van der Waals surface area (Å²) in [6, 6.07) is 1.97. The fourth-order valence-corrected chi connectivity index (χ4v) is 1.36. The highest BCUT2D eigenvalue weighted by molar-refractivity contribution is 5.38. The van der Waals surface area contributed by atoms with Crippen LogP contribution in [0.2, 0.25) is 0 Å². The number of aromatic nitrogens is 2. The third-order valence-electron chi connectivity index (χ3n) is 2.25. The van der Waals surface area contributed by atoms with E-state index in [9.17, 15) is 0 Å². The van der Waals surface area contributed by atoms with Crippen molar-refractivity contribution in [2.75, 3.05) is 17.7 Å². The molecular weight excluding hydrogens is 192 g/mol. The zero-order chi connectivity index (χ0) is 11.3. The molecule has 5 nitrogen and oxygen atoms in total. The van der Waals surface area contributed by atoms with Gasteiger partial charge in [-0.1, -0.05) is 13.8 Å². The molecule has 0 aliphatic heterocycles. The van der Waals surface area contributed by atoms with Crippen LogP contribution < -0.4 is 11.1 Å². The number of rotatable bonds is 5. The molecule has 4 N–H and O–H groups in total. The molecule has 0 bridgehead atoms. The normalized spacial score (nSPS) is 12.8. The number of nitrogen functional groups attached to an aromatic ring is 1. The monoisotopic (exact) mass is 210 g/mol. The molecule has 0 aliphatic carbocycles. The summed E-state index contributed by atoms with van der Waals surface area (Å²) in [7, 11) is 0. The maximum absolute atomic E-state index is 8.92. The van der Waals surface area contributed by atoms with Crippen LogP contribution in [0, 0.1) is 5.92 Å². The lowest BCUT2D eigenvalue weighted by molar-refractivity contribution is 0.267. The molecule has 0 saturated heterocycles. The van der Waals surface area contributed by atoms with Crippen LogP contribution in [0.25, 0.3) is 0 Å². The van der Waals surface area contributed by atoms with Gasteiger partial charge in [-0.05, 0) is 18.4 Å². The van der Waals surface area contributed by atoms with Crippen LogP contribution in [0.3, 0.4) is 0 Å². The van der Waals surface area contributed by atoms with Gasteiger partial charge < -0.3 is 16.2 Å². The number of nitrogens with one attached hydrogen (secondary N) is 1. The lowest BCUT2D eigenvalue weighted by Crippen LogP contribution is -2.27. The summed E-state index contributed by atoms with van der Waals surface area (Å²) in [6.45, 7) is 4.35. The van der Waals surface area contributed by atoms with Gasteiger partial charge in [0.25, 0.3) is 0 Å². The molecule has 1 aromatic rings. The summed E-state index contributed by atoms with van der Waals surface area (Å²) in [5.41, 5.74) is 5.47. The molecule has 0 amide bonds. The molecule has 1 atom stereocenters. The quantitative estimate of drug-likeness (QED) is 0.671. The molecule has 1 aromatic heterocycles. The third-order valence-corrected chi connectivity index (χ3v) is 2.25. The van der Waals surface area contributed by atoms with Gasteiger partial charge in [-0.2, -0.15) is 4.98 Å². The fourth-order valence-electron chi connectivity index (χ4n) is 1.36. The summed E-state index contributed by atoms with van der Waals surface area (Å²) in [6.07, 6.45) is 2.31. The van der Waals surface area contributed by atoms with E-state index in [1.54, 1.807) is 12.3 Å². The second kappa shape index (κ2) is 5.50. The van der Waals surface area contributed by atoms with E-state index in [4.69, 9.17) is 10.8 Å². The second-order valence-electron chi connectivity index (χ2n) is 3.81. The second-order valence-corrected chi connectivity index (χ2v) is 3.81. The Bertz CT molecular complexity index is 303. The lowest BCUT2D eigenvalue weighted by Gasteiger charge is -2.21. The van der Waals surface area contributed by atoms with Crippen LogP contribution in [0.4, 0.5) is 11.8 Å². The van der Waals surface area contributed by atoms with E-state index in [1.165, 1.54) is 0 Å². The van der Waals surface area contributed by atoms with Gasteiger partial charge in [0.1, 0.15) is 5.82 Å². The van der Waals surface area contributed by atoms with Gasteiger partial charge in [-0.15, -0.1) is 0 Å². The minimum Gasteiger partial charge on any atom is -0.396 e. The van der Waals surface area contributed by atoms with E-state index in [0.717, 1.165) is 0 Å². The largest absolute Gasteiger partial charge is 0.396 e. The molecule has 5 heteroatoms. The summed E-state index contributed by atoms with van der Waals surface area (Å²) in [5, 5.41) is 12.1. The Balaban J connectivity index is 2.65. The number of aliphatic hydroxyl groups is 1. The third kappa shape index (κ3) is 3.71. The fraction of sp³-hybridized carbons (Fsp3) is 0.600. The van der Waals surface area contributed by atoms with Crippen molar-refractivity contribution < 1.29 is 5.11 Å². The molecule has 1 rings (SSSR count). The van der Waals surface area contributed by atoms with Crippen LogP contribution in [-0.2, 0) is 0 Å². The van der Waals surface area contributed by atoms with Crippen LogP contribution in [0.5, 0.6) is 0 Å². The predicted molar refractivity (Wildman–Crippen MR) is 60.4 cm³/mol. The van der Waals surface area contributed by atoms with Gasteiger partial charge in [-0.3, -0.25) is 0 Å². The minimum atomic E-state index is 0.163. The number of hydrogen-bond donors (Lipinski definition) is 3. The maximum Gasteiger partial charge on any atom is 0.221 e. The van der Waals surface area contributed by atoms with Crippen molar-refractivity contribution >= 4 is 11.8 Å². The SMILES string of the molecule is CC(C)C(CCO)Nc1ccnc(N)n1. The van der Waals surface area contributed by atoms with Crippen molar-refractivity contribution in [3.63, 3.8) is 0 Å². The van der Waals surface area contributed by atoms with Crippen molar-refractivity contribution in [2.45, 2.75) is 26.3 Å². The van der Waals surface area contributed by atoms with E-state index in [1.807, 2.05) is 0 Å². The summed E-state index contributed by atoms with van der Waals surface area (Å²) >= 11 is 0. The molecule has 0 saturated carbocycles. The van der Waals surface area contributed by atoms with Gasteiger partial charge >= 0.3 is 0 Å². The molecule has 0 spiro atoms. The van der Waals surface area contributed by atoms with Crippen molar-refractivity contribution in [3.8, 4) is 0 Å². The Labute approximate surface area is 89.7 Å². The van der Waals surface area contributed by atoms with Gasteiger partial charge in [0.15, 0.2) is 0 Å². The first-order chi connectivity index (χ1) is 7.13. The van der Waals surface area contributed by atoms with Crippen LogP contribution in [-0.4, -0.2) is 27.7 Å². The number of nitrogens with zero attached hydrogens (tertiary/aromatic N) is 2. The molecule has 0 aromatic carbocycles. The zero-order valence-electron chi connectivity index (χ0n) is 9.14. The molecule has 15 heavy (non-hydrogen) atoms. The van der Waals surface area contributed by atoms with Crippen molar-refractivity contribution in [2.24, 2.45) is 5.92 Å². The molecular formula is C10H18N4O. The Morgan fingerprint density at radius 1 is 1.53 bits per heavy atom. The highest BCUT2D eigenvalue weighted by atomic mass is 16.3. The number of nitrogens with two attached hydrogens (primary N) is 1. The van der Waals surface area contributed by atoms with Crippen LogP contribution >= 0.6 is 0 Å². The van der Waals surface area contributed by atoms with Crippen molar-refractivity contribution in [1.82, 2.24) is 9.97 Å². The highest BCUT2D eigenvalue weighted by Crippen LogP contribution is 2.13. The van der Waals surface area contributed by atoms with E-state index in [-0.39, 0.29) is 18.6 Å². The summed E-state index contributed by atoms with van der Waals surface area (Å²) in [5.74, 6) is 1.38. The number of aliphatic hydroxyl groups excluding tert-OH is 1. The van der Waals surface area contributed by atoms with Gasteiger partial charge in [0, 0.05) is 18.8 Å². The van der Waals surface area contributed by atoms with E-state index >= 15 is 0 Å². The predicted octanol–water partition coefficient (Wildman–Crippen LogP) is 0.878. The Hall–Kier alpha value is -1.36. The number of anilines is 2. The molecule has 0 radical (unpaired) electrons. The topological polar surface area (TPSA) is 84.1 Å². The Kier molecular flexibility index (Phi) is 4.30. The molecule has 1 heterocycles. The van der Waals surface area contributed by atoms with E-state index in [0.29, 0.717) is 18.2 Å². The lowest BCUT2D eigenvalue weighted by atomic mass is 10.0. The van der Waals surface area contributed by atoms with Gasteiger partial charge in [0.2, 0.25) is 5.95 Å². The average Bonchev–Trinajstić information content (AvgIpc) is 2.17. The first-order valence-corrected chi connectivity index (χ1v) is 5.09. The molecule has 1 unspecified atom stereocenters. The standard InChI is InChI=1S/C10H18N4O/c1-7(2)8(4-6-15)13-9-3-5-12-10(11)14-9/h3,5,7-8,15H,4,6H2,1-2H3,(H3,11,12,13,14). The maximum atomic E-state index is 8.92. The van der Waals surface area contributed by atoms with Gasteiger partial charge in [-0.25, -0.2) is 4.98 Å². The van der Waals surface area contributed by atoms with E-state index < -0.39 is 0 Å². The van der Waals surface area contributed by atoms with Gasteiger partial charge in [0.05, 0.1) is 0 Å². The van der Waals surface area contributed by atoms with Crippen LogP contribution in [0.15, 0.2) is 12.3 Å².